The SMILES string of the molecule is CN(C)CCOC(=O)[C@@H](N)Cc1cn(C)c2ccccc12.Cl.Cl. The molecule has 1 atom stereocenters. The molecule has 0 radical (unpaired) electrons. The van der Waals surface area contributed by atoms with Gasteiger partial charge in [0.15, 0.2) is 0 Å². The zero-order valence-electron chi connectivity index (χ0n) is 13.7. The number of carbonyl (C=O) groups excluding carboxylic acids is 1. The molecule has 1 aromatic carbocycles. The van der Waals surface area contributed by atoms with Gasteiger partial charge in [0.05, 0.1) is 0 Å². The maximum atomic E-state index is 11.9. The van der Waals surface area contributed by atoms with E-state index in [0.29, 0.717) is 19.6 Å². The molecule has 23 heavy (non-hydrogen) atoms. The molecule has 0 amide bonds. The minimum atomic E-state index is -0.627. The van der Waals surface area contributed by atoms with Gasteiger partial charge in [-0.3, -0.25) is 4.79 Å². The second-order valence-electron chi connectivity index (χ2n) is 5.56. The van der Waals surface area contributed by atoms with E-state index in [2.05, 4.69) is 16.7 Å². The summed E-state index contributed by atoms with van der Waals surface area (Å²) < 4.78 is 7.24. The van der Waals surface area contributed by atoms with E-state index >= 15 is 0 Å². The number of ether oxygens (including phenoxy) is 1. The first-order valence-electron chi connectivity index (χ1n) is 7.09. The average Bonchev–Trinajstić information content (AvgIpc) is 2.75. The number of hydrogen-bond donors (Lipinski definition) is 1. The number of aromatic nitrogens is 1. The molecule has 0 bridgehead atoms. The first kappa shape index (κ1) is 21.7. The van der Waals surface area contributed by atoms with Gasteiger partial charge in [0.1, 0.15) is 12.6 Å². The van der Waals surface area contributed by atoms with Crippen LogP contribution in [0.1, 0.15) is 5.56 Å². The summed E-state index contributed by atoms with van der Waals surface area (Å²) in [5.41, 5.74) is 8.18. The van der Waals surface area contributed by atoms with Crippen LogP contribution < -0.4 is 5.73 Å². The van der Waals surface area contributed by atoms with Gasteiger partial charge in [0.25, 0.3) is 0 Å². The van der Waals surface area contributed by atoms with E-state index in [-0.39, 0.29) is 30.8 Å². The number of para-hydroxylation sites is 1. The summed E-state index contributed by atoms with van der Waals surface area (Å²) in [7, 11) is 5.86. The van der Waals surface area contributed by atoms with Crippen LogP contribution in [0.15, 0.2) is 30.5 Å². The number of hydrogen-bond acceptors (Lipinski definition) is 4. The van der Waals surface area contributed by atoms with Gasteiger partial charge >= 0.3 is 5.97 Å². The van der Waals surface area contributed by atoms with Crippen molar-refractivity contribution in [2.75, 3.05) is 27.2 Å². The smallest absolute Gasteiger partial charge is 0.323 e. The van der Waals surface area contributed by atoms with Crippen molar-refractivity contribution < 1.29 is 9.53 Å². The fourth-order valence-electron chi connectivity index (χ4n) is 2.34. The number of nitrogens with two attached hydrogens (primary N) is 1. The van der Waals surface area contributed by atoms with E-state index in [1.54, 1.807) is 0 Å². The van der Waals surface area contributed by atoms with Gasteiger partial charge in [0.2, 0.25) is 0 Å². The Morgan fingerprint density at radius 3 is 2.61 bits per heavy atom. The Morgan fingerprint density at radius 1 is 1.30 bits per heavy atom. The molecule has 2 aromatic rings. The number of halogens is 2. The molecular formula is C16H25Cl2N3O2. The quantitative estimate of drug-likeness (QED) is 0.799. The fraction of sp³-hybridized carbons (Fsp3) is 0.438. The lowest BCUT2D eigenvalue weighted by atomic mass is 10.1. The molecule has 7 heteroatoms. The highest BCUT2D eigenvalue weighted by molar-refractivity contribution is 5.86. The standard InChI is InChI=1S/C16H23N3O2.2ClH/c1-18(2)8-9-21-16(20)14(17)10-12-11-19(3)15-7-5-4-6-13(12)15;;/h4-7,11,14H,8-10,17H2,1-3H3;2*1H/t14-;;/m0../s1. The fourth-order valence-corrected chi connectivity index (χ4v) is 2.34. The van der Waals surface area contributed by atoms with Crippen LogP contribution in [0.25, 0.3) is 10.9 Å². The molecule has 0 spiro atoms. The Morgan fingerprint density at radius 2 is 1.96 bits per heavy atom. The first-order valence-corrected chi connectivity index (χ1v) is 7.09. The maximum Gasteiger partial charge on any atom is 0.323 e. The van der Waals surface area contributed by atoms with Crippen molar-refractivity contribution in [3.63, 3.8) is 0 Å². The van der Waals surface area contributed by atoms with Crippen molar-refractivity contribution in [1.29, 1.82) is 0 Å². The third kappa shape index (κ3) is 5.70. The lowest BCUT2D eigenvalue weighted by molar-refractivity contribution is -0.145. The van der Waals surface area contributed by atoms with Crippen molar-refractivity contribution in [1.82, 2.24) is 9.47 Å². The van der Waals surface area contributed by atoms with Crippen LogP contribution in [0.2, 0.25) is 0 Å². The van der Waals surface area contributed by atoms with E-state index in [4.69, 9.17) is 10.5 Å². The Kier molecular flexibility index (Phi) is 9.24. The summed E-state index contributed by atoms with van der Waals surface area (Å²) in [6.07, 6.45) is 2.51. The molecule has 0 saturated carbocycles. The topological polar surface area (TPSA) is 60.5 Å². The third-order valence-corrected chi connectivity index (χ3v) is 3.50. The lowest BCUT2D eigenvalue weighted by Crippen LogP contribution is -2.35. The third-order valence-electron chi connectivity index (χ3n) is 3.50. The van der Waals surface area contributed by atoms with Crippen molar-refractivity contribution in [2.45, 2.75) is 12.5 Å². The van der Waals surface area contributed by atoms with Crippen molar-refractivity contribution in [3.8, 4) is 0 Å². The van der Waals surface area contributed by atoms with Crippen LogP contribution >= 0.6 is 24.8 Å². The molecule has 1 heterocycles. The van der Waals surface area contributed by atoms with Gasteiger partial charge in [-0.25, -0.2) is 0 Å². The molecule has 2 N–H and O–H groups in total. The van der Waals surface area contributed by atoms with Crippen LogP contribution in [-0.2, 0) is 23.0 Å². The summed E-state index contributed by atoms with van der Waals surface area (Å²) >= 11 is 0. The van der Waals surface area contributed by atoms with E-state index in [9.17, 15) is 4.79 Å². The highest BCUT2D eigenvalue weighted by atomic mass is 35.5. The minimum absolute atomic E-state index is 0. The summed E-state index contributed by atoms with van der Waals surface area (Å²) in [6.45, 7) is 1.07. The average molecular weight is 362 g/mol. The van der Waals surface area contributed by atoms with Crippen LogP contribution in [0.4, 0.5) is 0 Å². The summed E-state index contributed by atoms with van der Waals surface area (Å²) in [6, 6.07) is 7.47. The Hall–Kier alpha value is -1.27. The van der Waals surface area contributed by atoms with Crippen molar-refractivity contribution in [2.24, 2.45) is 12.8 Å². The molecule has 130 valence electrons. The van der Waals surface area contributed by atoms with Gasteiger partial charge in [-0.2, -0.15) is 0 Å². The summed E-state index contributed by atoms with van der Waals surface area (Å²) in [5, 5.41) is 1.14. The predicted molar refractivity (Wildman–Crippen MR) is 98.6 cm³/mol. The molecule has 0 unspecified atom stereocenters. The largest absolute Gasteiger partial charge is 0.463 e. The van der Waals surface area contributed by atoms with Crippen molar-refractivity contribution in [3.05, 3.63) is 36.0 Å². The maximum absolute atomic E-state index is 11.9. The van der Waals surface area contributed by atoms with Gasteiger partial charge in [-0.05, 0) is 25.7 Å². The predicted octanol–water partition coefficient (Wildman–Crippen LogP) is 2.00. The minimum Gasteiger partial charge on any atom is -0.463 e. The highest BCUT2D eigenvalue weighted by Crippen LogP contribution is 2.21. The van der Waals surface area contributed by atoms with Gasteiger partial charge in [-0.1, -0.05) is 18.2 Å². The molecule has 0 aliphatic heterocycles. The van der Waals surface area contributed by atoms with E-state index in [1.165, 1.54) is 0 Å². The second-order valence-corrected chi connectivity index (χ2v) is 5.56. The van der Waals surface area contributed by atoms with E-state index in [0.717, 1.165) is 16.5 Å². The van der Waals surface area contributed by atoms with Crippen LogP contribution in [0, 0.1) is 0 Å². The van der Waals surface area contributed by atoms with Crippen LogP contribution in [0.3, 0.4) is 0 Å². The molecule has 0 fully saturated rings. The van der Waals surface area contributed by atoms with E-state index < -0.39 is 6.04 Å². The monoisotopic (exact) mass is 361 g/mol. The number of carbonyl (C=O) groups is 1. The number of aryl methyl sites for hydroxylation is 1. The number of fused-ring (bicyclic) bond motifs is 1. The lowest BCUT2D eigenvalue weighted by Gasteiger charge is -2.13. The van der Waals surface area contributed by atoms with Gasteiger partial charge < -0.3 is 19.9 Å². The van der Waals surface area contributed by atoms with Gasteiger partial charge in [0, 0.05) is 37.1 Å². The molecule has 0 aliphatic carbocycles. The van der Waals surface area contributed by atoms with E-state index in [1.807, 2.05) is 44.4 Å². The summed E-state index contributed by atoms with van der Waals surface area (Å²) in [4.78, 5) is 13.9. The number of benzene rings is 1. The number of likely N-dealkylation sites (N-methyl/N-ethyl adjacent to an activating group) is 1. The zero-order chi connectivity index (χ0) is 15.4. The summed E-state index contributed by atoms with van der Waals surface area (Å²) in [5.74, 6) is -0.343. The number of nitrogens with zero attached hydrogens (tertiary/aromatic N) is 2. The molecule has 1 aromatic heterocycles. The Labute approximate surface area is 149 Å². The second kappa shape index (κ2) is 9.78. The molecule has 0 saturated heterocycles. The molecule has 2 rings (SSSR count). The first-order chi connectivity index (χ1) is 9.99. The normalized spacial score (nSPS) is 11.7. The number of esters is 1. The van der Waals surface area contributed by atoms with Gasteiger partial charge in [-0.15, -0.1) is 24.8 Å². The highest BCUT2D eigenvalue weighted by Gasteiger charge is 2.18. The molecular weight excluding hydrogens is 337 g/mol. The molecule has 5 nitrogen and oxygen atoms in total. The van der Waals surface area contributed by atoms with Crippen molar-refractivity contribution >= 4 is 41.7 Å². The number of rotatable bonds is 6. The van der Waals surface area contributed by atoms with Crippen LogP contribution in [0.5, 0.6) is 0 Å². The molecule has 0 aliphatic rings. The Balaban J connectivity index is 0.00000242. The Bertz CT molecular complexity index is 629. The van der Waals surface area contributed by atoms with Crippen LogP contribution in [-0.4, -0.2) is 48.7 Å². The zero-order valence-corrected chi connectivity index (χ0v) is 15.3.